The Morgan fingerprint density at radius 2 is 1.95 bits per heavy atom. The van der Waals surface area contributed by atoms with Crippen LogP contribution in [0.3, 0.4) is 0 Å². The predicted molar refractivity (Wildman–Crippen MR) is 64.6 cm³/mol. The fraction of sp³-hybridized carbons (Fsp3) is 0.846. The third-order valence-corrected chi connectivity index (χ3v) is 4.40. The SMILES string of the molecule is O=C(O)[C@H]1CC[C@@H](C(=O)N2CCOC3(CCC3)C2)O1. The zero-order chi connectivity index (χ0) is 13.5. The van der Waals surface area contributed by atoms with Gasteiger partial charge in [0.15, 0.2) is 6.10 Å². The number of rotatable bonds is 2. The van der Waals surface area contributed by atoms with Crippen LogP contribution in [0.15, 0.2) is 0 Å². The second-order valence-electron chi connectivity index (χ2n) is 5.67. The van der Waals surface area contributed by atoms with Crippen molar-refractivity contribution in [3.63, 3.8) is 0 Å². The molecule has 2 atom stereocenters. The molecular formula is C13H19NO5. The number of amides is 1. The molecule has 0 aromatic heterocycles. The number of carboxylic acids is 1. The van der Waals surface area contributed by atoms with Gasteiger partial charge in [-0.25, -0.2) is 4.79 Å². The van der Waals surface area contributed by atoms with E-state index in [9.17, 15) is 9.59 Å². The first-order chi connectivity index (χ1) is 9.10. The summed E-state index contributed by atoms with van der Waals surface area (Å²) in [4.78, 5) is 25.0. The van der Waals surface area contributed by atoms with Crippen LogP contribution in [0.5, 0.6) is 0 Å². The van der Waals surface area contributed by atoms with Crippen LogP contribution in [0.25, 0.3) is 0 Å². The molecule has 3 rings (SSSR count). The summed E-state index contributed by atoms with van der Waals surface area (Å²) in [5, 5.41) is 8.88. The molecule has 2 heterocycles. The molecule has 1 amide bonds. The second-order valence-corrected chi connectivity index (χ2v) is 5.67. The number of morpholine rings is 1. The number of aliphatic carboxylic acids is 1. The van der Waals surface area contributed by atoms with Gasteiger partial charge in [0.25, 0.3) is 5.91 Å². The molecule has 0 aromatic carbocycles. The molecule has 19 heavy (non-hydrogen) atoms. The highest BCUT2D eigenvalue weighted by atomic mass is 16.5. The van der Waals surface area contributed by atoms with E-state index >= 15 is 0 Å². The van der Waals surface area contributed by atoms with E-state index in [0.29, 0.717) is 32.5 Å². The Bertz CT molecular complexity index is 392. The van der Waals surface area contributed by atoms with Gasteiger partial charge in [-0.3, -0.25) is 4.79 Å². The van der Waals surface area contributed by atoms with Crippen molar-refractivity contribution in [2.75, 3.05) is 19.7 Å². The predicted octanol–water partition coefficient (Wildman–Crippen LogP) is 0.400. The van der Waals surface area contributed by atoms with Gasteiger partial charge >= 0.3 is 5.97 Å². The Balaban J connectivity index is 1.59. The molecule has 6 nitrogen and oxygen atoms in total. The molecule has 1 N–H and O–H groups in total. The van der Waals surface area contributed by atoms with Crippen molar-refractivity contribution in [1.82, 2.24) is 4.90 Å². The van der Waals surface area contributed by atoms with Crippen LogP contribution >= 0.6 is 0 Å². The molecule has 1 aliphatic carbocycles. The van der Waals surface area contributed by atoms with Crippen molar-refractivity contribution in [2.24, 2.45) is 0 Å². The van der Waals surface area contributed by atoms with Crippen LogP contribution in [0.1, 0.15) is 32.1 Å². The maximum atomic E-state index is 12.3. The molecule has 1 spiro atoms. The molecule has 106 valence electrons. The summed E-state index contributed by atoms with van der Waals surface area (Å²) in [7, 11) is 0. The van der Waals surface area contributed by atoms with Gasteiger partial charge in [-0.15, -0.1) is 0 Å². The van der Waals surface area contributed by atoms with Crippen molar-refractivity contribution in [2.45, 2.75) is 49.9 Å². The van der Waals surface area contributed by atoms with Gasteiger partial charge in [0.2, 0.25) is 0 Å². The Kier molecular flexibility index (Phi) is 3.22. The minimum Gasteiger partial charge on any atom is -0.479 e. The highest BCUT2D eigenvalue weighted by Gasteiger charge is 2.45. The fourth-order valence-corrected chi connectivity index (χ4v) is 3.11. The zero-order valence-electron chi connectivity index (χ0n) is 10.8. The fourth-order valence-electron chi connectivity index (χ4n) is 3.11. The summed E-state index contributed by atoms with van der Waals surface area (Å²) in [6.07, 6.45) is 2.69. The third kappa shape index (κ3) is 2.34. The number of nitrogens with zero attached hydrogens (tertiary/aromatic N) is 1. The average molecular weight is 269 g/mol. The van der Waals surface area contributed by atoms with E-state index in [4.69, 9.17) is 14.6 Å². The summed E-state index contributed by atoms with van der Waals surface area (Å²) in [5.41, 5.74) is -0.126. The third-order valence-electron chi connectivity index (χ3n) is 4.40. The van der Waals surface area contributed by atoms with E-state index in [1.54, 1.807) is 4.90 Å². The summed E-state index contributed by atoms with van der Waals surface area (Å²) in [6.45, 7) is 1.78. The van der Waals surface area contributed by atoms with Gasteiger partial charge in [-0.05, 0) is 32.1 Å². The lowest BCUT2D eigenvalue weighted by atomic mass is 9.79. The highest BCUT2D eigenvalue weighted by molar-refractivity contribution is 5.83. The van der Waals surface area contributed by atoms with E-state index in [2.05, 4.69) is 0 Å². The first-order valence-electron chi connectivity index (χ1n) is 6.91. The first-order valence-corrected chi connectivity index (χ1v) is 6.91. The summed E-state index contributed by atoms with van der Waals surface area (Å²) in [6, 6.07) is 0. The highest BCUT2D eigenvalue weighted by Crippen LogP contribution is 2.38. The lowest BCUT2D eigenvalue weighted by Crippen LogP contribution is -2.58. The molecular weight excluding hydrogens is 250 g/mol. The quantitative estimate of drug-likeness (QED) is 0.785. The van der Waals surface area contributed by atoms with Crippen LogP contribution in [-0.2, 0) is 19.1 Å². The van der Waals surface area contributed by atoms with Gasteiger partial charge in [0, 0.05) is 13.1 Å². The van der Waals surface area contributed by atoms with E-state index in [1.807, 2.05) is 0 Å². The number of ether oxygens (including phenoxy) is 2. The minimum absolute atomic E-state index is 0.0710. The Morgan fingerprint density at radius 3 is 2.53 bits per heavy atom. The number of hydrogen-bond donors (Lipinski definition) is 1. The van der Waals surface area contributed by atoms with Gasteiger partial charge in [0.05, 0.1) is 12.2 Å². The average Bonchev–Trinajstić information content (AvgIpc) is 2.86. The van der Waals surface area contributed by atoms with Gasteiger partial charge in [-0.2, -0.15) is 0 Å². The monoisotopic (exact) mass is 269 g/mol. The largest absolute Gasteiger partial charge is 0.479 e. The van der Waals surface area contributed by atoms with Crippen LogP contribution in [-0.4, -0.2) is 59.4 Å². The van der Waals surface area contributed by atoms with E-state index in [1.165, 1.54) is 0 Å². The van der Waals surface area contributed by atoms with Crippen molar-refractivity contribution in [1.29, 1.82) is 0 Å². The van der Waals surface area contributed by atoms with E-state index < -0.39 is 18.2 Å². The van der Waals surface area contributed by atoms with Crippen molar-refractivity contribution >= 4 is 11.9 Å². The lowest BCUT2D eigenvalue weighted by molar-refractivity contribution is -0.176. The molecule has 2 aliphatic heterocycles. The second kappa shape index (κ2) is 4.76. The van der Waals surface area contributed by atoms with E-state index in [-0.39, 0.29) is 11.5 Å². The first kappa shape index (κ1) is 12.9. The van der Waals surface area contributed by atoms with E-state index in [0.717, 1.165) is 19.3 Å². The summed E-state index contributed by atoms with van der Waals surface area (Å²) < 4.78 is 11.1. The van der Waals surface area contributed by atoms with Crippen LogP contribution in [0.4, 0.5) is 0 Å². The Labute approximate surface area is 111 Å². The van der Waals surface area contributed by atoms with Gasteiger partial charge in [0.1, 0.15) is 6.10 Å². The number of carbonyl (C=O) groups is 2. The van der Waals surface area contributed by atoms with Gasteiger partial charge in [-0.1, -0.05) is 0 Å². The Hall–Kier alpha value is -1.14. The minimum atomic E-state index is -0.979. The molecule has 3 fully saturated rings. The maximum Gasteiger partial charge on any atom is 0.332 e. The van der Waals surface area contributed by atoms with Crippen LogP contribution < -0.4 is 0 Å². The van der Waals surface area contributed by atoms with Crippen LogP contribution in [0.2, 0.25) is 0 Å². The molecule has 6 heteroatoms. The molecule has 0 unspecified atom stereocenters. The molecule has 0 aromatic rings. The molecule has 0 radical (unpaired) electrons. The topological polar surface area (TPSA) is 76.1 Å². The Morgan fingerprint density at radius 1 is 1.21 bits per heavy atom. The van der Waals surface area contributed by atoms with Crippen molar-refractivity contribution in [3.05, 3.63) is 0 Å². The van der Waals surface area contributed by atoms with Gasteiger partial charge < -0.3 is 19.5 Å². The molecule has 2 saturated heterocycles. The molecule has 0 bridgehead atoms. The van der Waals surface area contributed by atoms with Crippen LogP contribution in [0, 0.1) is 0 Å². The lowest BCUT2D eigenvalue weighted by Gasteiger charge is -2.48. The normalized spacial score (nSPS) is 33.2. The summed E-state index contributed by atoms with van der Waals surface area (Å²) >= 11 is 0. The molecule has 1 saturated carbocycles. The summed E-state index contributed by atoms with van der Waals surface area (Å²) in [5.74, 6) is -1.05. The number of carboxylic acid groups (broad SMARTS) is 1. The molecule has 3 aliphatic rings. The van der Waals surface area contributed by atoms with Crippen molar-refractivity contribution in [3.8, 4) is 0 Å². The maximum absolute atomic E-state index is 12.3. The number of carbonyl (C=O) groups excluding carboxylic acids is 1. The number of hydrogen-bond acceptors (Lipinski definition) is 4. The standard InChI is InChI=1S/C13H19NO5/c15-11(9-2-3-10(19-9)12(16)17)14-6-7-18-13(8-14)4-1-5-13/h9-10H,1-8H2,(H,16,17)/t9-,10+/m0/s1. The zero-order valence-corrected chi connectivity index (χ0v) is 10.8. The smallest absolute Gasteiger partial charge is 0.332 e. The van der Waals surface area contributed by atoms with Crippen molar-refractivity contribution < 1.29 is 24.2 Å².